The number of halogens is 1. The summed E-state index contributed by atoms with van der Waals surface area (Å²) in [5.41, 5.74) is 0.0636. The van der Waals surface area contributed by atoms with E-state index in [1.54, 1.807) is 0 Å². The number of nitrogens with zero attached hydrogens (tertiary/aromatic N) is 1. The first-order valence-corrected chi connectivity index (χ1v) is 7.24. The summed E-state index contributed by atoms with van der Waals surface area (Å²) in [6.07, 6.45) is 4.90. The predicted molar refractivity (Wildman–Crippen MR) is 77.8 cm³/mol. The van der Waals surface area contributed by atoms with Crippen molar-refractivity contribution in [2.24, 2.45) is 0 Å². The van der Waals surface area contributed by atoms with Crippen molar-refractivity contribution in [3.63, 3.8) is 0 Å². The SMILES string of the molecule is O=[N+]([O-])c1ccc(Cl)c(CNCC2(O)CCCCC2)c1. The first kappa shape index (κ1) is 15.2. The zero-order valence-electron chi connectivity index (χ0n) is 11.3. The van der Waals surface area contributed by atoms with Crippen LogP contribution in [0.1, 0.15) is 37.7 Å². The Morgan fingerprint density at radius 1 is 1.35 bits per heavy atom. The molecule has 1 fully saturated rings. The molecule has 5 nitrogen and oxygen atoms in total. The van der Waals surface area contributed by atoms with Crippen molar-refractivity contribution in [1.29, 1.82) is 0 Å². The van der Waals surface area contributed by atoms with Crippen molar-refractivity contribution in [1.82, 2.24) is 5.32 Å². The number of rotatable bonds is 5. The zero-order chi connectivity index (χ0) is 14.6. The summed E-state index contributed by atoms with van der Waals surface area (Å²) in [6, 6.07) is 4.40. The molecule has 0 aliphatic heterocycles. The molecule has 1 aromatic rings. The average Bonchev–Trinajstić information content (AvgIpc) is 2.41. The summed E-state index contributed by atoms with van der Waals surface area (Å²) in [5, 5.41) is 24.8. The van der Waals surface area contributed by atoms with Gasteiger partial charge in [-0.25, -0.2) is 0 Å². The summed E-state index contributed by atoms with van der Waals surface area (Å²) in [7, 11) is 0. The molecule has 0 atom stereocenters. The highest BCUT2D eigenvalue weighted by molar-refractivity contribution is 6.31. The first-order chi connectivity index (χ1) is 9.50. The maximum absolute atomic E-state index is 10.7. The van der Waals surface area contributed by atoms with Gasteiger partial charge >= 0.3 is 0 Å². The van der Waals surface area contributed by atoms with Crippen molar-refractivity contribution in [3.8, 4) is 0 Å². The third-order valence-corrected chi connectivity index (χ3v) is 4.16. The highest BCUT2D eigenvalue weighted by Crippen LogP contribution is 2.27. The summed E-state index contributed by atoms with van der Waals surface area (Å²) >= 11 is 6.03. The minimum Gasteiger partial charge on any atom is -0.389 e. The van der Waals surface area contributed by atoms with E-state index in [1.165, 1.54) is 24.6 Å². The summed E-state index contributed by atoms with van der Waals surface area (Å²) in [4.78, 5) is 10.3. The lowest BCUT2D eigenvalue weighted by Crippen LogP contribution is -2.41. The van der Waals surface area contributed by atoms with Gasteiger partial charge in [0.05, 0.1) is 10.5 Å². The summed E-state index contributed by atoms with van der Waals surface area (Å²) < 4.78 is 0. The Labute approximate surface area is 123 Å². The molecule has 0 saturated heterocycles. The Balaban J connectivity index is 1.93. The normalized spacial score (nSPS) is 17.9. The number of nitro benzene ring substituents is 1. The van der Waals surface area contributed by atoms with E-state index in [1.807, 2.05) is 0 Å². The molecule has 0 unspecified atom stereocenters. The van der Waals surface area contributed by atoms with E-state index in [0.29, 0.717) is 23.7 Å². The van der Waals surface area contributed by atoms with Crippen LogP contribution in [0.2, 0.25) is 5.02 Å². The molecule has 0 heterocycles. The van der Waals surface area contributed by atoms with Gasteiger partial charge in [-0.05, 0) is 24.5 Å². The number of hydrogen-bond acceptors (Lipinski definition) is 4. The van der Waals surface area contributed by atoms with Gasteiger partial charge in [0.2, 0.25) is 0 Å². The lowest BCUT2D eigenvalue weighted by atomic mass is 9.85. The molecule has 6 heteroatoms. The molecule has 1 aromatic carbocycles. The number of nitro groups is 1. The second kappa shape index (κ2) is 6.52. The van der Waals surface area contributed by atoms with Gasteiger partial charge in [0.1, 0.15) is 0 Å². The van der Waals surface area contributed by atoms with Gasteiger partial charge in [-0.2, -0.15) is 0 Å². The van der Waals surface area contributed by atoms with E-state index in [9.17, 15) is 15.2 Å². The van der Waals surface area contributed by atoms with Crippen molar-refractivity contribution in [3.05, 3.63) is 38.9 Å². The topological polar surface area (TPSA) is 75.4 Å². The minimum absolute atomic E-state index is 0.0302. The molecule has 1 aliphatic carbocycles. The molecule has 110 valence electrons. The molecule has 0 amide bonds. The standard InChI is InChI=1S/C14H19ClN2O3/c15-13-5-4-12(17(19)20)8-11(13)9-16-10-14(18)6-2-1-3-7-14/h4-5,8,16,18H,1-3,6-7,9-10H2. The highest BCUT2D eigenvalue weighted by atomic mass is 35.5. The molecule has 1 saturated carbocycles. The van der Waals surface area contributed by atoms with Crippen LogP contribution in [0.15, 0.2) is 18.2 Å². The quantitative estimate of drug-likeness (QED) is 0.647. The predicted octanol–water partition coefficient (Wildman–Crippen LogP) is 3.03. The monoisotopic (exact) mass is 298 g/mol. The van der Waals surface area contributed by atoms with E-state index < -0.39 is 10.5 Å². The number of hydrogen-bond donors (Lipinski definition) is 2. The van der Waals surface area contributed by atoms with Gasteiger partial charge in [0, 0.05) is 30.2 Å². The number of aliphatic hydroxyl groups is 1. The Bertz CT molecular complexity index is 487. The molecule has 2 rings (SSSR count). The van der Waals surface area contributed by atoms with Crippen LogP contribution in [0.5, 0.6) is 0 Å². The van der Waals surface area contributed by atoms with E-state index in [-0.39, 0.29) is 5.69 Å². The minimum atomic E-state index is -0.647. The molecule has 0 aromatic heterocycles. The Kier molecular flexibility index (Phi) is 4.96. The Morgan fingerprint density at radius 3 is 2.70 bits per heavy atom. The fourth-order valence-electron chi connectivity index (χ4n) is 2.63. The van der Waals surface area contributed by atoms with Gasteiger partial charge in [0.15, 0.2) is 0 Å². The summed E-state index contributed by atoms with van der Waals surface area (Å²) in [6.45, 7) is 0.912. The fourth-order valence-corrected chi connectivity index (χ4v) is 2.81. The molecular formula is C14H19ClN2O3. The van der Waals surface area contributed by atoms with E-state index in [0.717, 1.165) is 25.7 Å². The second-order valence-corrected chi connectivity index (χ2v) is 5.83. The third kappa shape index (κ3) is 3.91. The van der Waals surface area contributed by atoms with E-state index in [4.69, 9.17) is 11.6 Å². The van der Waals surface area contributed by atoms with Gasteiger partial charge in [-0.3, -0.25) is 10.1 Å². The zero-order valence-corrected chi connectivity index (χ0v) is 12.0. The second-order valence-electron chi connectivity index (χ2n) is 5.42. The average molecular weight is 299 g/mol. The maximum atomic E-state index is 10.7. The van der Waals surface area contributed by atoms with Crippen LogP contribution >= 0.6 is 11.6 Å². The first-order valence-electron chi connectivity index (χ1n) is 6.86. The van der Waals surface area contributed by atoms with Crippen molar-refractivity contribution >= 4 is 17.3 Å². The molecule has 1 aliphatic rings. The van der Waals surface area contributed by atoms with Crippen LogP contribution < -0.4 is 5.32 Å². The largest absolute Gasteiger partial charge is 0.389 e. The number of non-ortho nitro benzene ring substituents is 1. The molecule has 20 heavy (non-hydrogen) atoms. The molecule has 0 radical (unpaired) electrons. The number of benzene rings is 1. The van der Waals surface area contributed by atoms with Crippen LogP contribution in [0.4, 0.5) is 5.69 Å². The van der Waals surface area contributed by atoms with Gasteiger partial charge in [-0.1, -0.05) is 30.9 Å². The Hall–Kier alpha value is -1.17. The highest BCUT2D eigenvalue weighted by Gasteiger charge is 2.28. The van der Waals surface area contributed by atoms with Crippen LogP contribution in [0, 0.1) is 10.1 Å². The van der Waals surface area contributed by atoms with Crippen LogP contribution in [-0.4, -0.2) is 22.2 Å². The molecule has 0 spiro atoms. The van der Waals surface area contributed by atoms with Gasteiger partial charge in [-0.15, -0.1) is 0 Å². The van der Waals surface area contributed by atoms with Crippen LogP contribution in [0.3, 0.4) is 0 Å². The van der Waals surface area contributed by atoms with Crippen LogP contribution in [-0.2, 0) is 6.54 Å². The summed E-state index contributed by atoms with van der Waals surface area (Å²) in [5.74, 6) is 0. The molecule has 2 N–H and O–H groups in total. The maximum Gasteiger partial charge on any atom is 0.269 e. The van der Waals surface area contributed by atoms with Crippen molar-refractivity contribution in [2.75, 3.05) is 6.54 Å². The van der Waals surface area contributed by atoms with E-state index >= 15 is 0 Å². The third-order valence-electron chi connectivity index (χ3n) is 3.79. The molecule has 0 bridgehead atoms. The smallest absolute Gasteiger partial charge is 0.269 e. The molecular weight excluding hydrogens is 280 g/mol. The van der Waals surface area contributed by atoms with Crippen molar-refractivity contribution < 1.29 is 10.0 Å². The lowest BCUT2D eigenvalue weighted by Gasteiger charge is -2.32. The Morgan fingerprint density at radius 2 is 2.05 bits per heavy atom. The van der Waals surface area contributed by atoms with E-state index in [2.05, 4.69) is 5.32 Å². The van der Waals surface area contributed by atoms with Crippen LogP contribution in [0.25, 0.3) is 0 Å². The van der Waals surface area contributed by atoms with Gasteiger partial charge in [0.25, 0.3) is 5.69 Å². The lowest BCUT2D eigenvalue weighted by molar-refractivity contribution is -0.384. The van der Waals surface area contributed by atoms with Gasteiger partial charge < -0.3 is 10.4 Å². The fraction of sp³-hybridized carbons (Fsp3) is 0.571. The van der Waals surface area contributed by atoms with Crippen molar-refractivity contribution in [2.45, 2.75) is 44.2 Å². The number of nitrogens with one attached hydrogen (secondary N) is 1.